The molecule has 4 nitrogen and oxygen atoms in total. The Morgan fingerprint density at radius 3 is 2.94 bits per heavy atom. The molecular formula is C12H13ClN2O2. The number of nitrogens with one attached hydrogen (secondary N) is 1. The summed E-state index contributed by atoms with van der Waals surface area (Å²) in [5, 5.41) is 12.5. The van der Waals surface area contributed by atoms with Crippen molar-refractivity contribution in [1.82, 2.24) is 4.98 Å². The average molecular weight is 253 g/mol. The number of carbonyl (C=O) groups is 1. The van der Waals surface area contributed by atoms with Gasteiger partial charge in [-0.2, -0.15) is 0 Å². The maximum atomic E-state index is 11.0. The molecular weight excluding hydrogens is 240 g/mol. The molecule has 90 valence electrons. The SMILES string of the molecule is O=C(O)c1ccc(Cl)nc1NC1CC=CCC1. The van der Waals surface area contributed by atoms with E-state index in [1.165, 1.54) is 12.1 Å². The number of aromatic nitrogens is 1. The number of hydrogen-bond acceptors (Lipinski definition) is 3. The normalized spacial score (nSPS) is 19.0. The second-order valence-corrected chi connectivity index (χ2v) is 4.35. The Labute approximate surface area is 104 Å². The number of halogens is 1. The number of aromatic carboxylic acids is 1. The van der Waals surface area contributed by atoms with Crippen molar-refractivity contribution in [2.24, 2.45) is 0 Å². The van der Waals surface area contributed by atoms with Crippen molar-refractivity contribution in [3.63, 3.8) is 0 Å². The molecule has 0 saturated heterocycles. The van der Waals surface area contributed by atoms with E-state index in [1.807, 2.05) is 0 Å². The summed E-state index contributed by atoms with van der Waals surface area (Å²) in [6.07, 6.45) is 7.07. The van der Waals surface area contributed by atoms with Crippen LogP contribution in [0.5, 0.6) is 0 Å². The van der Waals surface area contributed by atoms with Crippen molar-refractivity contribution in [3.05, 3.63) is 35.0 Å². The van der Waals surface area contributed by atoms with Crippen LogP contribution in [0.3, 0.4) is 0 Å². The molecule has 0 aromatic carbocycles. The maximum Gasteiger partial charge on any atom is 0.339 e. The maximum absolute atomic E-state index is 11.0. The quantitative estimate of drug-likeness (QED) is 0.641. The molecule has 2 N–H and O–H groups in total. The fourth-order valence-electron chi connectivity index (χ4n) is 1.84. The van der Waals surface area contributed by atoms with Gasteiger partial charge in [-0.15, -0.1) is 0 Å². The highest BCUT2D eigenvalue weighted by Gasteiger charge is 2.16. The van der Waals surface area contributed by atoms with Crippen LogP contribution in [0.1, 0.15) is 29.6 Å². The third-order valence-electron chi connectivity index (χ3n) is 2.70. The summed E-state index contributed by atoms with van der Waals surface area (Å²) < 4.78 is 0. The standard InChI is InChI=1S/C12H13ClN2O2/c13-10-7-6-9(12(16)17)11(15-10)14-8-4-2-1-3-5-8/h1-2,6-8H,3-5H2,(H,14,15)(H,16,17). The minimum Gasteiger partial charge on any atom is -0.478 e. The van der Waals surface area contributed by atoms with E-state index in [1.54, 1.807) is 0 Å². The third kappa shape index (κ3) is 2.97. The van der Waals surface area contributed by atoms with Crippen LogP contribution in [0.25, 0.3) is 0 Å². The van der Waals surface area contributed by atoms with E-state index in [-0.39, 0.29) is 11.6 Å². The molecule has 0 amide bonds. The molecule has 0 saturated carbocycles. The molecule has 2 rings (SSSR count). The first kappa shape index (κ1) is 11.9. The Bertz CT molecular complexity index is 460. The summed E-state index contributed by atoms with van der Waals surface area (Å²) in [6, 6.07) is 3.18. The Morgan fingerprint density at radius 2 is 2.29 bits per heavy atom. The van der Waals surface area contributed by atoms with Gasteiger partial charge in [0.1, 0.15) is 16.5 Å². The van der Waals surface area contributed by atoms with Crippen molar-refractivity contribution in [2.45, 2.75) is 25.3 Å². The molecule has 1 aliphatic carbocycles. The Hall–Kier alpha value is -1.55. The van der Waals surface area contributed by atoms with Crippen LogP contribution in [-0.4, -0.2) is 22.1 Å². The highest BCUT2D eigenvalue weighted by Crippen LogP contribution is 2.21. The van der Waals surface area contributed by atoms with Gasteiger partial charge in [0.25, 0.3) is 0 Å². The summed E-state index contributed by atoms with van der Waals surface area (Å²) in [6.45, 7) is 0. The summed E-state index contributed by atoms with van der Waals surface area (Å²) >= 11 is 5.78. The van der Waals surface area contributed by atoms with E-state index in [2.05, 4.69) is 22.5 Å². The van der Waals surface area contributed by atoms with Gasteiger partial charge in [0.05, 0.1) is 0 Å². The molecule has 0 aliphatic heterocycles. The summed E-state index contributed by atoms with van der Waals surface area (Å²) in [4.78, 5) is 15.1. The lowest BCUT2D eigenvalue weighted by Crippen LogP contribution is -2.22. The molecule has 17 heavy (non-hydrogen) atoms. The van der Waals surface area contributed by atoms with Crippen LogP contribution >= 0.6 is 11.6 Å². The number of rotatable bonds is 3. The van der Waals surface area contributed by atoms with Gasteiger partial charge >= 0.3 is 5.97 Å². The van der Waals surface area contributed by atoms with Gasteiger partial charge in [0, 0.05) is 6.04 Å². The number of hydrogen-bond donors (Lipinski definition) is 2. The third-order valence-corrected chi connectivity index (χ3v) is 2.91. The van der Waals surface area contributed by atoms with Crippen LogP contribution in [-0.2, 0) is 0 Å². The number of carboxylic acids is 1. The number of anilines is 1. The van der Waals surface area contributed by atoms with E-state index in [0.717, 1.165) is 19.3 Å². The van der Waals surface area contributed by atoms with Gasteiger partial charge in [0.2, 0.25) is 0 Å². The van der Waals surface area contributed by atoms with E-state index in [9.17, 15) is 4.79 Å². The predicted molar refractivity (Wildman–Crippen MR) is 66.6 cm³/mol. The van der Waals surface area contributed by atoms with Gasteiger partial charge in [0.15, 0.2) is 0 Å². The molecule has 0 radical (unpaired) electrons. The first-order chi connectivity index (χ1) is 8.16. The number of carboxylic acid groups (broad SMARTS) is 1. The Morgan fingerprint density at radius 1 is 1.47 bits per heavy atom. The first-order valence-corrected chi connectivity index (χ1v) is 5.86. The highest BCUT2D eigenvalue weighted by molar-refractivity contribution is 6.29. The van der Waals surface area contributed by atoms with Crippen LogP contribution < -0.4 is 5.32 Å². The Balaban J connectivity index is 2.21. The van der Waals surface area contributed by atoms with Crippen molar-refractivity contribution >= 4 is 23.4 Å². The van der Waals surface area contributed by atoms with E-state index < -0.39 is 5.97 Å². The zero-order valence-electron chi connectivity index (χ0n) is 9.19. The van der Waals surface area contributed by atoms with Crippen molar-refractivity contribution in [1.29, 1.82) is 0 Å². The molecule has 1 unspecified atom stereocenters. The lowest BCUT2D eigenvalue weighted by Gasteiger charge is -2.20. The van der Waals surface area contributed by atoms with Crippen LogP contribution in [0.15, 0.2) is 24.3 Å². The van der Waals surface area contributed by atoms with Crippen molar-refractivity contribution in [3.8, 4) is 0 Å². The molecule has 1 atom stereocenters. The molecule has 0 spiro atoms. The van der Waals surface area contributed by atoms with Crippen molar-refractivity contribution < 1.29 is 9.90 Å². The largest absolute Gasteiger partial charge is 0.478 e. The van der Waals surface area contributed by atoms with Crippen LogP contribution in [0.4, 0.5) is 5.82 Å². The van der Waals surface area contributed by atoms with Gasteiger partial charge in [-0.1, -0.05) is 23.8 Å². The van der Waals surface area contributed by atoms with Crippen LogP contribution in [0.2, 0.25) is 5.15 Å². The molecule has 0 bridgehead atoms. The number of allylic oxidation sites excluding steroid dienone is 1. The lowest BCUT2D eigenvalue weighted by molar-refractivity contribution is 0.0697. The van der Waals surface area contributed by atoms with Gasteiger partial charge in [-0.25, -0.2) is 9.78 Å². The number of nitrogens with zero attached hydrogens (tertiary/aromatic N) is 1. The van der Waals surface area contributed by atoms with Crippen molar-refractivity contribution in [2.75, 3.05) is 5.32 Å². The number of pyridine rings is 1. The molecule has 1 aromatic rings. The average Bonchev–Trinajstić information content (AvgIpc) is 2.30. The topological polar surface area (TPSA) is 62.2 Å². The fourth-order valence-corrected chi connectivity index (χ4v) is 1.98. The summed E-state index contributed by atoms with van der Waals surface area (Å²) in [5.41, 5.74) is 0.156. The Kier molecular flexibility index (Phi) is 3.64. The van der Waals surface area contributed by atoms with Gasteiger partial charge in [-0.3, -0.25) is 0 Å². The highest BCUT2D eigenvalue weighted by atomic mass is 35.5. The molecule has 1 aliphatic rings. The smallest absolute Gasteiger partial charge is 0.339 e. The minimum absolute atomic E-state index is 0.156. The van der Waals surface area contributed by atoms with Gasteiger partial charge < -0.3 is 10.4 Å². The zero-order chi connectivity index (χ0) is 12.3. The fraction of sp³-hybridized carbons (Fsp3) is 0.333. The molecule has 1 aromatic heterocycles. The van der Waals surface area contributed by atoms with Gasteiger partial charge in [-0.05, 0) is 31.4 Å². The van der Waals surface area contributed by atoms with E-state index in [4.69, 9.17) is 16.7 Å². The molecule has 1 heterocycles. The second kappa shape index (κ2) is 5.19. The summed E-state index contributed by atoms with van der Waals surface area (Å²) in [7, 11) is 0. The lowest BCUT2D eigenvalue weighted by atomic mass is 10.0. The summed E-state index contributed by atoms with van der Waals surface area (Å²) in [5.74, 6) is -0.645. The second-order valence-electron chi connectivity index (χ2n) is 3.96. The first-order valence-electron chi connectivity index (χ1n) is 5.48. The van der Waals surface area contributed by atoms with E-state index >= 15 is 0 Å². The minimum atomic E-state index is -0.997. The molecule has 5 heteroatoms. The van der Waals surface area contributed by atoms with Crippen LogP contribution in [0, 0.1) is 0 Å². The predicted octanol–water partition coefficient (Wildman–Crippen LogP) is 2.95. The van der Waals surface area contributed by atoms with E-state index in [0.29, 0.717) is 11.0 Å². The monoisotopic (exact) mass is 252 g/mol. The zero-order valence-corrected chi connectivity index (χ0v) is 9.94. The molecule has 0 fully saturated rings.